The van der Waals surface area contributed by atoms with Gasteiger partial charge in [0.2, 0.25) is 5.91 Å². The van der Waals surface area contributed by atoms with Gasteiger partial charge in [0.15, 0.2) is 0 Å². The van der Waals surface area contributed by atoms with Gasteiger partial charge in [-0.1, -0.05) is 35.5 Å². The largest absolute Gasteiger partial charge is 0.497 e. The first-order chi connectivity index (χ1) is 15.1. The zero-order chi connectivity index (χ0) is 21.8. The molecule has 0 fully saturated rings. The van der Waals surface area contributed by atoms with E-state index in [0.29, 0.717) is 27.2 Å². The number of halogens is 1. The third kappa shape index (κ3) is 4.76. The Morgan fingerprint density at radius 3 is 2.68 bits per heavy atom. The summed E-state index contributed by atoms with van der Waals surface area (Å²) in [4.78, 5) is 16.9. The van der Waals surface area contributed by atoms with Crippen LogP contribution in [0.15, 0.2) is 66.0 Å². The molecule has 0 spiro atoms. The Morgan fingerprint density at radius 2 is 1.94 bits per heavy atom. The number of anilines is 1. The molecule has 0 bridgehead atoms. The van der Waals surface area contributed by atoms with Crippen LogP contribution in [0.2, 0.25) is 5.02 Å². The Morgan fingerprint density at radius 1 is 1.13 bits per heavy atom. The van der Waals surface area contributed by atoms with Crippen molar-refractivity contribution in [2.75, 3.05) is 25.3 Å². The molecule has 4 aromatic rings. The normalized spacial score (nSPS) is 10.8. The molecular formula is C22H19ClN4O3S. The first kappa shape index (κ1) is 21.0. The molecule has 0 radical (unpaired) electrons. The van der Waals surface area contributed by atoms with Crippen LogP contribution < -0.4 is 14.8 Å². The molecule has 31 heavy (non-hydrogen) atoms. The predicted octanol–water partition coefficient (Wildman–Crippen LogP) is 4.80. The highest BCUT2D eigenvalue weighted by Crippen LogP contribution is 2.30. The van der Waals surface area contributed by atoms with E-state index in [1.165, 1.54) is 11.8 Å². The second-order valence-electron chi connectivity index (χ2n) is 6.50. The van der Waals surface area contributed by atoms with E-state index in [0.717, 1.165) is 16.8 Å². The number of rotatable bonds is 7. The van der Waals surface area contributed by atoms with Crippen molar-refractivity contribution >= 4 is 40.5 Å². The molecule has 1 amide bonds. The smallest absolute Gasteiger partial charge is 0.234 e. The summed E-state index contributed by atoms with van der Waals surface area (Å²) in [6.07, 6.45) is 3.44. The number of hydrogen-bond donors (Lipinski definition) is 1. The quantitative estimate of drug-likeness (QED) is 0.404. The molecule has 2 aromatic carbocycles. The van der Waals surface area contributed by atoms with Crippen molar-refractivity contribution in [1.82, 2.24) is 14.6 Å². The van der Waals surface area contributed by atoms with Crippen molar-refractivity contribution in [1.29, 1.82) is 0 Å². The zero-order valence-electron chi connectivity index (χ0n) is 16.8. The van der Waals surface area contributed by atoms with Gasteiger partial charge in [-0.05, 0) is 30.3 Å². The van der Waals surface area contributed by atoms with Crippen LogP contribution in [0.1, 0.15) is 0 Å². The SMILES string of the molecule is COc1ccc(NC(=O)CSc2nccn3nc(-c4ccc(Cl)cc4)cc23)c(OC)c1. The molecule has 2 aromatic heterocycles. The van der Waals surface area contributed by atoms with Gasteiger partial charge >= 0.3 is 0 Å². The highest BCUT2D eigenvalue weighted by molar-refractivity contribution is 8.00. The highest BCUT2D eigenvalue weighted by atomic mass is 35.5. The fourth-order valence-electron chi connectivity index (χ4n) is 2.99. The lowest BCUT2D eigenvalue weighted by molar-refractivity contribution is -0.113. The van der Waals surface area contributed by atoms with Crippen LogP contribution in [0.4, 0.5) is 5.69 Å². The summed E-state index contributed by atoms with van der Waals surface area (Å²) in [5.74, 6) is 1.19. The lowest BCUT2D eigenvalue weighted by Crippen LogP contribution is -2.15. The Bertz CT molecular complexity index is 1230. The number of carbonyl (C=O) groups excluding carboxylic acids is 1. The van der Waals surface area contributed by atoms with Gasteiger partial charge in [-0.3, -0.25) is 4.79 Å². The Hall–Kier alpha value is -3.23. The first-order valence-corrected chi connectivity index (χ1v) is 10.7. The van der Waals surface area contributed by atoms with Crippen LogP contribution in [0, 0.1) is 0 Å². The number of hydrogen-bond acceptors (Lipinski definition) is 6. The van der Waals surface area contributed by atoms with Gasteiger partial charge in [0.1, 0.15) is 16.5 Å². The number of carbonyl (C=O) groups is 1. The molecule has 1 N–H and O–H groups in total. The monoisotopic (exact) mass is 454 g/mol. The average molecular weight is 455 g/mol. The maximum atomic E-state index is 12.5. The number of fused-ring (bicyclic) bond motifs is 1. The summed E-state index contributed by atoms with van der Waals surface area (Å²) in [5.41, 5.74) is 3.16. The van der Waals surface area contributed by atoms with Crippen molar-refractivity contribution < 1.29 is 14.3 Å². The summed E-state index contributed by atoms with van der Waals surface area (Å²) >= 11 is 7.31. The lowest BCUT2D eigenvalue weighted by atomic mass is 10.1. The first-order valence-electron chi connectivity index (χ1n) is 9.32. The number of nitrogens with zero attached hydrogens (tertiary/aromatic N) is 3. The second kappa shape index (κ2) is 9.28. The number of amides is 1. The molecule has 0 atom stereocenters. The second-order valence-corrected chi connectivity index (χ2v) is 7.90. The van der Waals surface area contributed by atoms with Gasteiger partial charge in [-0.25, -0.2) is 9.50 Å². The molecule has 0 aliphatic heterocycles. The summed E-state index contributed by atoms with van der Waals surface area (Å²) in [5, 5.41) is 8.85. The van der Waals surface area contributed by atoms with E-state index in [4.69, 9.17) is 21.1 Å². The standard InChI is InChI=1S/C22H19ClN4O3S/c1-29-16-7-8-17(20(11-16)30-2)25-21(28)13-31-22-19-12-18(26-27(19)10-9-24-22)14-3-5-15(23)6-4-14/h3-12H,13H2,1-2H3,(H,25,28). The summed E-state index contributed by atoms with van der Waals surface area (Å²) in [6, 6.07) is 14.7. The van der Waals surface area contributed by atoms with E-state index in [2.05, 4.69) is 15.4 Å². The zero-order valence-corrected chi connectivity index (χ0v) is 18.4. The molecule has 0 saturated carbocycles. The van der Waals surface area contributed by atoms with Crippen molar-refractivity contribution in [3.8, 4) is 22.8 Å². The van der Waals surface area contributed by atoms with Crippen LogP contribution in [0.3, 0.4) is 0 Å². The number of thioether (sulfide) groups is 1. The number of benzene rings is 2. The maximum absolute atomic E-state index is 12.5. The van der Waals surface area contributed by atoms with E-state index in [1.54, 1.807) is 49.3 Å². The predicted molar refractivity (Wildman–Crippen MR) is 122 cm³/mol. The number of nitrogens with one attached hydrogen (secondary N) is 1. The molecule has 0 aliphatic carbocycles. The van der Waals surface area contributed by atoms with Gasteiger partial charge in [0, 0.05) is 29.0 Å². The van der Waals surface area contributed by atoms with E-state index < -0.39 is 0 Å². The third-order valence-corrected chi connectivity index (χ3v) is 5.76. The number of ether oxygens (including phenoxy) is 2. The van der Waals surface area contributed by atoms with Crippen molar-refractivity contribution in [2.45, 2.75) is 5.03 Å². The molecular weight excluding hydrogens is 436 g/mol. The Balaban J connectivity index is 1.49. The van der Waals surface area contributed by atoms with Crippen molar-refractivity contribution in [2.24, 2.45) is 0 Å². The molecule has 0 saturated heterocycles. The summed E-state index contributed by atoms with van der Waals surface area (Å²) < 4.78 is 12.3. The molecule has 158 valence electrons. The number of methoxy groups -OCH3 is 2. The van der Waals surface area contributed by atoms with E-state index >= 15 is 0 Å². The minimum absolute atomic E-state index is 0.172. The van der Waals surface area contributed by atoms with Gasteiger partial charge in [-0.15, -0.1) is 0 Å². The minimum Gasteiger partial charge on any atom is -0.497 e. The van der Waals surface area contributed by atoms with Crippen LogP contribution in [-0.4, -0.2) is 40.5 Å². The summed E-state index contributed by atoms with van der Waals surface area (Å²) in [6.45, 7) is 0. The topological polar surface area (TPSA) is 77.8 Å². The van der Waals surface area contributed by atoms with E-state index in [9.17, 15) is 4.79 Å². The van der Waals surface area contributed by atoms with Crippen LogP contribution >= 0.6 is 23.4 Å². The molecule has 2 heterocycles. The fraction of sp³-hybridized carbons (Fsp3) is 0.136. The van der Waals surface area contributed by atoms with E-state index in [-0.39, 0.29) is 11.7 Å². The average Bonchev–Trinajstić information content (AvgIpc) is 3.23. The maximum Gasteiger partial charge on any atom is 0.234 e. The highest BCUT2D eigenvalue weighted by Gasteiger charge is 2.13. The van der Waals surface area contributed by atoms with E-state index in [1.807, 2.05) is 30.3 Å². The van der Waals surface area contributed by atoms with Crippen LogP contribution in [-0.2, 0) is 4.79 Å². The van der Waals surface area contributed by atoms with Crippen molar-refractivity contribution in [3.63, 3.8) is 0 Å². The molecule has 7 nitrogen and oxygen atoms in total. The van der Waals surface area contributed by atoms with Crippen LogP contribution in [0.5, 0.6) is 11.5 Å². The fourth-order valence-corrected chi connectivity index (χ4v) is 3.89. The lowest BCUT2D eigenvalue weighted by Gasteiger charge is -2.11. The Kier molecular flexibility index (Phi) is 6.29. The molecule has 0 unspecified atom stereocenters. The minimum atomic E-state index is -0.172. The van der Waals surface area contributed by atoms with Gasteiger partial charge in [-0.2, -0.15) is 5.10 Å². The molecule has 0 aliphatic rings. The third-order valence-electron chi connectivity index (χ3n) is 4.52. The van der Waals surface area contributed by atoms with Gasteiger partial charge in [0.05, 0.1) is 36.9 Å². The molecule has 4 rings (SSSR count). The van der Waals surface area contributed by atoms with Gasteiger partial charge < -0.3 is 14.8 Å². The molecule has 9 heteroatoms. The Labute approximate surface area is 188 Å². The van der Waals surface area contributed by atoms with Crippen molar-refractivity contribution in [3.05, 3.63) is 65.9 Å². The van der Waals surface area contributed by atoms with Gasteiger partial charge in [0.25, 0.3) is 0 Å². The van der Waals surface area contributed by atoms with Crippen LogP contribution in [0.25, 0.3) is 16.8 Å². The summed E-state index contributed by atoms with van der Waals surface area (Å²) in [7, 11) is 3.12. The number of aromatic nitrogens is 3.